The summed E-state index contributed by atoms with van der Waals surface area (Å²) in [6, 6.07) is 17.9. The Labute approximate surface area is 208 Å². The van der Waals surface area contributed by atoms with Crippen molar-refractivity contribution in [2.45, 2.75) is 37.2 Å². The number of nitrogens with zero attached hydrogens (tertiary/aromatic N) is 5. The second kappa shape index (κ2) is 9.60. The smallest absolute Gasteiger partial charge is 0.236 e. The minimum absolute atomic E-state index is 0.0994. The summed E-state index contributed by atoms with van der Waals surface area (Å²) in [6.45, 7) is 5.27. The average Bonchev–Trinajstić information content (AvgIpc) is 3.28. The molecule has 2 aromatic carbocycles. The van der Waals surface area contributed by atoms with Crippen LogP contribution in [0.5, 0.6) is 0 Å². The number of aromatic nitrogens is 4. The van der Waals surface area contributed by atoms with Crippen molar-refractivity contribution in [3.8, 4) is 17.1 Å². The summed E-state index contributed by atoms with van der Waals surface area (Å²) < 4.78 is 1.98. The lowest BCUT2D eigenvalue weighted by Crippen LogP contribution is -2.40. The van der Waals surface area contributed by atoms with E-state index >= 15 is 0 Å². The molecule has 5 rings (SSSR count). The normalized spacial score (nSPS) is 14.0. The Bertz CT molecular complexity index is 1340. The molecule has 34 heavy (non-hydrogen) atoms. The van der Waals surface area contributed by atoms with Crippen molar-refractivity contribution >= 4 is 29.3 Å². The number of benzene rings is 2. The van der Waals surface area contributed by atoms with E-state index in [1.165, 1.54) is 22.9 Å². The molecular formula is C26H24ClN5OS. The summed E-state index contributed by atoms with van der Waals surface area (Å²) in [6.07, 6.45) is 4.34. The van der Waals surface area contributed by atoms with Gasteiger partial charge in [-0.05, 0) is 61.2 Å². The van der Waals surface area contributed by atoms with Gasteiger partial charge in [0.2, 0.25) is 5.91 Å². The van der Waals surface area contributed by atoms with Gasteiger partial charge in [-0.1, -0.05) is 53.7 Å². The SMILES string of the molecule is Cc1c(Cl)cccc1-n1c(SC(C)C(=O)N2CCc3ccccc3C2)nnc1-c1ccncc1. The van der Waals surface area contributed by atoms with Crippen molar-refractivity contribution in [3.05, 3.63) is 88.7 Å². The number of rotatable bonds is 5. The van der Waals surface area contributed by atoms with E-state index in [-0.39, 0.29) is 11.2 Å². The van der Waals surface area contributed by atoms with Gasteiger partial charge in [0.15, 0.2) is 11.0 Å². The molecule has 0 saturated carbocycles. The van der Waals surface area contributed by atoms with Crippen LogP contribution >= 0.6 is 23.4 Å². The molecule has 2 aromatic heterocycles. The van der Waals surface area contributed by atoms with Crippen LogP contribution in [0.2, 0.25) is 5.02 Å². The van der Waals surface area contributed by atoms with E-state index in [1.807, 2.05) is 59.7 Å². The van der Waals surface area contributed by atoms with Crippen LogP contribution in [0.4, 0.5) is 0 Å². The van der Waals surface area contributed by atoms with E-state index in [4.69, 9.17) is 11.6 Å². The summed E-state index contributed by atoms with van der Waals surface area (Å²) in [5, 5.41) is 9.96. The molecule has 0 spiro atoms. The van der Waals surface area contributed by atoms with Gasteiger partial charge in [0.1, 0.15) is 0 Å². The summed E-state index contributed by atoms with van der Waals surface area (Å²) >= 11 is 7.87. The van der Waals surface area contributed by atoms with Gasteiger partial charge in [-0.2, -0.15) is 0 Å². The molecule has 1 aliphatic heterocycles. The highest BCUT2D eigenvalue weighted by molar-refractivity contribution is 8.00. The minimum atomic E-state index is -0.321. The highest BCUT2D eigenvalue weighted by Crippen LogP contribution is 2.34. The summed E-state index contributed by atoms with van der Waals surface area (Å²) in [4.78, 5) is 19.4. The van der Waals surface area contributed by atoms with Crippen molar-refractivity contribution in [2.75, 3.05) is 6.54 Å². The van der Waals surface area contributed by atoms with Gasteiger partial charge < -0.3 is 4.90 Å². The largest absolute Gasteiger partial charge is 0.337 e. The standard InChI is InChI=1S/C26H24ClN5OS/c1-17-22(27)8-5-9-23(17)32-24(20-10-13-28-14-11-20)29-30-26(32)34-18(2)25(33)31-15-12-19-6-3-4-7-21(19)16-31/h3-11,13-14,18H,12,15-16H2,1-2H3. The van der Waals surface area contributed by atoms with E-state index in [9.17, 15) is 4.79 Å². The van der Waals surface area contributed by atoms with E-state index in [1.54, 1.807) is 12.4 Å². The van der Waals surface area contributed by atoms with Crippen molar-refractivity contribution < 1.29 is 4.79 Å². The fraction of sp³-hybridized carbons (Fsp3) is 0.231. The van der Waals surface area contributed by atoms with E-state index in [0.29, 0.717) is 22.5 Å². The molecule has 0 aliphatic carbocycles. The van der Waals surface area contributed by atoms with Crippen LogP contribution in [-0.4, -0.2) is 42.4 Å². The monoisotopic (exact) mass is 489 g/mol. The van der Waals surface area contributed by atoms with E-state index in [2.05, 4.69) is 33.4 Å². The highest BCUT2D eigenvalue weighted by Gasteiger charge is 2.28. The third-order valence-corrected chi connectivity index (χ3v) is 7.56. The fourth-order valence-electron chi connectivity index (χ4n) is 4.24. The molecule has 1 aliphatic rings. The van der Waals surface area contributed by atoms with Crippen molar-refractivity contribution in [1.29, 1.82) is 0 Å². The lowest BCUT2D eigenvalue weighted by Gasteiger charge is -2.30. The molecule has 3 heterocycles. The van der Waals surface area contributed by atoms with Crippen LogP contribution in [0.1, 0.15) is 23.6 Å². The van der Waals surface area contributed by atoms with Crippen LogP contribution in [0.25, 0.3) is 17.1 Å². The van der Waals surface area contributed by atoms with Crippen molar-refractivity contribution in [1.82, 2.24) is 24.6 Å². The molecule has 1 amide bonds. The van der Waals surface area contributed by atoms with Gasteiger partial charge in [-0.3, -0.25) is 14.3 Å². The second-order valence-corrected chi connectivity index (χ2v) is 10.0. The zero-order valence-electron chi connectivity index (χ0n) is 19.0. The maximum Gasteiger partial charge on any atom is 0.236 e. The van der Waals surface area contributed by atoms with E-state index in [0.717, 1.165) is 29.8 Å². The third kappa shape index (κ3) is 4.33. The van der Waals surface area contributed by atoms with Crippen molar-refractivity contribution in [2.24, 2.45) is 0 Å². The maximum atomic E-state index is 13.4. The first kappa shape index (κ1) is 22.6. The Morgan fingerprint density at radius 2 is 1.79 bits per heavy atom. The summed E-state index contributed by atoms with van der Waals surface area (Å²) in [7, 11) is 0. The molecule has 8 heteroatoms. The molecule has 0 bridgehead atoms. The first-order valence-corrected chi connectivity index (χ1v) is 12.4. The van der Waals surface area contributed by atoms with E-state index < -0.39 is 0 Å². The Morgan fingerprint density at radius 3 is 2.59 bits per heavy atom. The fourth-order valence-corrected chi connectivity index (χ4v) is 5.35. The summed E-state index contributed by atoms with van der Waals surface area (Å²) in [5.41, 5.74) is 5.24. The number of hydrogen-bond donors (Lipinski definition) is 0. The Morgan fingerprint density at radius 1 is 1.03 bits per heavy atom. The number of thioether (sulfide) groups is 1. The predicted octanol–water partition coefficient (Wildman–Crippen LogP) is 5.36. The first-order valence-electron chi connectivity index (χ1n) is 11.2. The van der Waals surface area contributed by atoms with Crippen molar-refractivity contribution in [3.63, 3.8) is 0 Å². The predicted molar refractivity (Wildman–Crippen MR) is 135 cm³/mol. The molecule has 4 aromatic rings. The lowest BCUT2D eigenvalue weighted by molar-refractivity contribution is -0.131. The molecule has 0 fully saturated rings. The summed E-state index contributed by atoms with van der Waals surface area (Å²) in [5.74, 6) is 0.782. The number of carbonyl (C=O) groups excluding carboxylic acids is 1. The molecule has 0 radical (unpaired) electrons. The van der Waals surface area contributed by atoms with Gasteiger partial charge in [0.05, 0.1) is 10.9 Å². The number of carbonyl (C=O) groups is 1. The maximum absolute atomic E-state index is 13.4. The zero-order chi connectivity index (χ0) is 23.7. The first-order chi connectivity index (χ1) is 16.5. The molecule has 6 nitrogen and oxygen atoms in total. The molecule has 0 saturated heterocycles. The topological polar surface area (TPSA) is 63.9 Å². The zero-order valence-corrected chi connectivity index (χ0v) is 20.6. The number of fused-ring (bicyclic) bond motifs is 1. The third-order valence-electron chi connectivity index (χ3n) is 6.12. The van der Waals surface area contributed by atoms with Crippen LogP contribution in [-0.2, 0) is 17.8 Å². The van der Waals surface area contributed by atoms with Crippen LogP contribution in [0.3, 0.4) is 0 Å². The van der Waals surface area contributed by atoms with Crippen LogP contribution in [0.15, 0.2) is 72.1 Å². The van der Waals surface area contributed by atoms with Gasteiger partial charge in [0, 0.05) is 36.1 Å². The van der Waals surface area contributed by atoms with Crippen LogP contribution in [0, 0.1) is 6.92 Å². The second-order valence-electron chi connectivity index (χ2n) is 8.30. The lowest BCUT2D eigenvalue weighted by atomic mass is 10.00. The Hall–Kier alpha value is -3.16. The molecule has 1 unspecified atom stereocenters. The Kier molecular flexibility index (Phi) is 6.39. The van der Waals surface area contributed by atoms with Crippen LogP contribution < -0.4 is 0 Å². The van der Waals surface area contributed by atoms with Gasteiger partial charge in [0.25, 0.3) is 0 Å². The quantitative estimate of drug-likeness (QED) is 0.353. The number of amides is 1. The van der Waals surface area contributed by atoms with Gasteiger partial charge in [-0.15, -0.1) is 10.2 Å². The van der Waals surface area contributed by atoms with Gasteiger partial charge >= 0.3 is 0 Å². The molecule has 172 valence electrons. The average molecular weight is 490 g/mol. The van der Waals surface area contributed by atoms with Gasteiger partial charge in [-0.25, -0.2) is 0 Å². The number of halogens is 1. The Balaban J connectivity index is 1.46. The molecular weight excluding hydrogens is 466 g/mol. The minimum Gasteiger partial charge on any atom is -0.337 e. The molecule has 1 atom stereocenters. The number of pyridine rings is 1. The number of hydrogen-bond acceptors (Lipinski definition) is 5. The highest BCUT2D eigenvalue weighted by atomic mass is 35.5. The molecule has 0 N–H and O–H groups in total.